The van der Waals surface area contributed by atoms with Crippen LogP contribution in [0, 0.1) is 12.0 Å². The van der Waals surface area contributed by atoms with E-state index in [-0.39, 0.29) is 12.5 Å². The zero-order valence-corrected chi connectivity index (χ0v) is 5.53. The molecule has 1 rings (SSSR count). The van der Waals surface area contributed by atoms with Crippen LogP contribution in [0.1, 0.15) is 12.8 Å². The fourth-order valence-corrected chi connectivity index (χ4v) is 0.997. The van der Waals surface area contributed by atoms with Crippen LogP contribution in [-0.4, -0.2) is 13.3 Å². The summed E-state index contributed by atoms with van der Waals surface area (Å²) < 4.78 is 40.0. The Bertz CT molecular complexity index is 119. The van der Waals surface area contributed by atoms with Gasteiger partial charge in [-0.1, -0.05) is 0 Å². The molecule has 1 nitrogen and oxygen atoms in total. The van der Waals surface area contributed by atoms with E-state index in [4.69, 9.17) is 0 Å². The predicted molar refractivity (Wildman–Crippen MR) is 29.0 cm³/mol. The van der Waals surface area contributed by atoms with Crippen LogP contribution in [-0.2, 0) is 4.74 Å². The Labute approximate surface area is 57.2 Å². The standard InChI is InChI=1S/C6H8F3O/c1-10-5-3-2-4(5)6(7,8)9/h4H,2-3H2,1H3. The summed E-state index contributed by atoms with van der Waals surface area (Å²) in [5.74, 6) is -1.29. The lowest BCUT2D eigenvalue weighted by Gasteiger charge is -2.35. The van der Waals surface area contributed by atoms with Gasteiger partial charge in [0.15, 0.2) is 0 Å². The molecule has 59 valence electrons. The normalized spacial score (nSPS) is 28.2. The highest BCUT2D eigenvalue weighted by atomic mass is 19.4. The Hall–Kier alpha value is -0.250. The maximum Gasteiger partial charge on any atom is 0.394 e. The molecule has 0 saturated heterocycles. The molecule has 1 aliphatic carbocycles. The SMILES string of the molecule is CO[C]1CCC1C(F)(F)F. The highest BCUT2D eigenvalue weighted by molar-refractivity contribution is 5.01. The summed E-state index contributed by atoms with van der Waals surface area (Å²) in [6, 6.07) is 0. The molecule has 0 N–H and O–H groups in total. The first-order valence-corrected chi connectivity index (χ1v) is 3.02. The van der Waals surface area contributed by atoms with Crippen molar-refractivity contribution < 1.29 is 17.9 Å². The number of halogens is 3. The Morgan fingerprint density at radius 3 is 2.20 bits per heavy atom. The fourth-order valence-electron chi connectivity index (χ4n) is 0.997. The lowest BCUT2D eigenvalue weighted by molar-refractivity contribution is -0.204. The second kappa shape index (κ2) is 2.42. The first-order valence-electron chi connectivity index (χ1n) is 3.02. The van der Waals surface area contributed by atoms with Gasteiger partial charge in [0, 0.05) is 7.11 Å². The van der Waals surface area contributed by atoms with Crippen LogP contribution in [0.5, 0.6) is 0 Å². The molecule has 0 amide bonds. The zero-order valence-electron chi connectivity index (χ0n) is 5.53. The second-order valence-corrected chi connectivity index (χ2v) is 2.30. The van der Waals surface area contributed by atoms with Gasteiger partial charge in [-0.3, -0.25) is 0 Å². The summed E-state index contributed by atoms with van der Waals surface area (Å²) in [4.78, 5) is 0. The minimum absolute atomic E-state index is 0.174. The van der Waals surface area contributed by atoms with Crippen LogP contribution in [0.4, 0.5) is 13.2 Å². The van der Waals surface area contributed by atoms with Crippen LogP contribution in [0.2, 0.25) is 0 Å². The van der Waals surface area contributed by atoms with E-state index < -0.39 is 12.1 Å². The first kappa shape index (κ1) is 7.85. The van der Waals surface area contributed by atoms with Gasteiger partial charge in [0.05, 0.1) is 5.92 Å². The molecule has 0 aromatic rings. The molecule has 1 saturated carbocycles. The van der Waals surface area contributed by atoms with E-state index in [2.05, 4.69) is 4.74 Å². The van der Waals surface area contributed by atoms with Gasteiger partial charge in [-0.25, -0.2) is 0 Å². The highest BCUT2D eigenvalue weighted by Gasteiger charge is 2.50. The Kier molecular flexibility index (Phi) is 1.90. The van der Waals surface area contributed by atoms with Crippen molar-refractivity contribution in [2.45, 2.75) is 19.0 Å². The summed E-state index contributed by atoms with van der Waals surface area (Å²) in [6.07, 6.45) is -3.27. The van der Waals surface area contributed by atoms with Crippen molar-refractivity contribution in [2.75, 3.05) is 7.11 Å². The van der Waals surface area contributed by atoms with Gasteiger partial charge in [-0.15, -0.1) is 0 Å². The van der Waals surface area contributed by atoms with Gasteiger partial charge in [-0.2, -0.15) is 13.2 Å². The van der Waals surface area contributed by atoms with E-state index in [0.717, 1.165) is 0 Å². The van der Waals surface area contributed by atoms with Crippen LogP contribution in [0.25, 0.3) is 0 Å². The molecule has 0 aromatic carbocycles. The molecule has 1 atom stereocenters. The molecule has 10 heavy (non-hydrogen) atoms. The number of alkyl halides is 3. The number of rotatable bonds is 1. The van der Waals surface area contributed by atoms with Gasteiger partial charge in [0.2, 0.25) is 0 Å². The second-order valence-electron chi connectivity index (χ2n) is 2.30. The van der Waals surface area contributed by atoms with Crippen LogP contribution in [0.3, 0.4) is 0 Å². The largest absolute Gasteiger partial charge is 0.394 e. The summed E-state index contributed by atoms with van der Waals surface area (Å²) in [6.45, 7) is 0. The van der Waals surface area contributed by atoms with E-state index in [1.807, 2.05) is 0 Å². The molecule has 0 bridgehead atoms. The van der Waals surface area contributed by atoms with E-state index in [9.17, 15) is 13.2 Å². The summed E-state index contributed by atoms with van der Waals surface area (Å²) in [5, 5.41) is 0. The first-order chi connectivity index (χ1) is 4.55. The quantitative estimate of drug-likeness (QED) is 0.560. The average Bonchev–Trinajstić information content (AvgIpc) is 1.57. The maximum atomic E-state index is 11.8. The Balaban J connectivity index is 2.43. The molecule has 0 aromatic heterocycles. The minimum Gasteiger partial charge on any atom is -0.375 e. The molecule has 0 aliphatic heterocycles. The Morgan fingerprint density at radius 1 is 1.50 bits per heavy atom. The summed E-state index contributed by atoms with van der Waals surface area (Å²) in [7, 11) is 1.28. The number of hydrogen-bond donors (Lipinski definition) is 0. The van der Waals surface area contributed by atoms with E-state index >= 15 is 0 Å². The van der Waals surface area contributed by atoms with Crippen LogP contribution in [0.15, 0.2) is 0 Å². The van der Waals surface area contributed by atoms with Gasteiger partial charge < -0.3 is 4.74 Å². The average molecular weight is 153 g/mol. The molecule has 1 radical (unpaired) electrons. The van der Waals surface area contributed by atoms with Crippen LogP contribution < -0.4 is 0 Å². The number of hydrogen-bond acceptors (Lipinski definition) is 1. The molecule has 4 heteroatoms. The minimum atomic E-state index is -4.09. The predicted octanol–water partition coefficient (Wildman–Crippen LogP) is 2.14. The van der Waals surface area contributed by atoms with Gasteiger partial charge >= 0.3 is 6.18 Å². The zero-order chi connectivity index (χ0) is 7.78. The molecular formula is C6H8F3O. The monoisotopic (exact) mass is 153 g/mol. The molecule has 0 heterocycles. The summed E-state index contributed by atoms with van der Waals surface area (Å²) in [5.41, 5.74) is 0. The third-order valence-electron chi connectivity index (χ3n) is 1.73. The third kappa shape index (κ3) is 1.26. The van der Waals surface area contributed by atoms with E-state index in [1.54, 1.807) is 0 Å². The van der Waals surface area contributed by atoms with Gasteiger partial charge in [0.1, 0.15) is 6.10 Å². The van der Waals surface area contributed by atoms with Crippen molar-refractivity contribution in [3.8, 4) is 0 Å². The van der Waals surface area contributed by atoms with E-state index in [1.165, 1.54) is 7.11 Å². The molecular weight excluding hydrogens is 145 g/mol. The topological polar surface area (TPSA) is 9.23 Å². The number of ether oxygens (including phenoxy) is 1. The molecule has 1 unspecified atom stereocenters. The highest BCUT2D eigenvalue weighted by Crippen LogP contribution is 2.47. The van der Waals surface area contributed by atoms with E-state index in [0.29, 0.717) is 6.42 Å². The number of methoxy groups -OCH3 is 1. The molecule has 0 spiro atoms. The van der Waals surface area contributed by atoms with Crippen molar-refractivity contribution in [2.24, 2.45) is 5.92 Å². The lowest BCUT2D eigenvalue weighted by atomic mass is 9.81. The van der Waals surface area contributed by atoms with Gasteiger partial charge in [-0.05, 0) is 12.8 Å². The fraction of sp³-hybridized carbons (Fsp3) is 0.833. The third-order valence-corrected chi connectivity index (χ3v) is 1.73. The smallest absolute Gasteiger partial charge is 0.375 e. The lowest BCUT2D eigenvalue weighted by Crippen LogP contribution is -2.37. The molecule has 1 fully saturated rings. The van der Waals surface area contributed by atoms with Crippen molar-refractivity contribution in [3.63, 3.8) is 0 Å². The van der Waals surface area contributed by atoms with Crippen molar-refractivity contribution in [3.05, 3.63) is 6.10 Å². The maximum absolute atomic E-state index is 11.8. The van der Waals surface area contributed by atoms with Crippen molar-refractivity contribution in [1.29, 1.82) is 0 Å². The Morgan fingerprint density at radius 2 is 2.10 bits per heavy atom. The van der Waals surface area contributed by atoms with Crippen molar-refractivity contribution in [1.82, 2.24) is 0 Å². The van der Waals surface area contributed by atoms with Gasteiger partial charge in [0.25, 0.3) is 0 Å². The summed E-state index contributed by atoms with van der Waals surface area (Å²) >= 11 is 0. The van der Waals surface area contributed by atoms with Crippen LogP contribution >= 0.6 is 0 Å². The van der Waals surface area contributed by atoms with Crippen molar-refractivity contribution >= 4 is 0 Å². The molecule has 1 aliphatic rings.